The van der Waals surface area contributed by atoms with Crippen molar-refractivity contribution in [2.45, 2.75) is 6.61 Å². The van der Waals surface area contributed by atoms with Crippen molar-refractivity contribution in [3.8, 4) is 11.5 Å². The molecular formula is C14H11Cl2NO4. The predicted molar refractivity (Wildman–Crippen MR) is 80.4 cm³/mol. The van der Waals surface area contributed by atoms with Crippen LogP contribution >= 0.6 is 23.2 Å². The lowest BCUT2D eigenvalue weighted by molar-refractivity contribution is -0.385. The molecule has 0 fully saturated rings. The zero-order chi connectivity index (χ0) is 15.4. The first kappa shape index (κ1) is 15.4. The fraction of sp³-hybridized carbons (Fsp3) is 0.143. The average molecular weight is 328 g/mol. The van der Waals surface area contributed by atoms with Crippen LogP contribution in [0.5, 0.6) is 11.5 Å². The number of hydrogen-bond acceptors (Lipinski definition) is 4. The molecule has 0 amide bonds. The molecule has 0 saturated heterocycles. The Balaban J connectivity index is 2.18. The molecule has 7 heteroatoms. The first-order valence-corrected chi connectivity index (χ1v) is 6.66. The Morgan fingerprint density at radius 1 is 1.14 bits per heavy atom. The Hall–Kier alpha value is -1.98. The normalized spacial score (nSPS) is 10.2. The van der Waals surface area contributed by atoms with Gasteiger partial charge in [-0.1, -0.05) is 29.3 Å². The summed E-state index contributed by atoms with van der Waals surface area (Å²) in [5.74, 6) is 0.618. The molecule has 2 aromatic carbocycles. The highest BCUT2D eigenvalue weighted by atomic mass is 35.5. The molecule has 5 nitrogen and oxygen atoms in total. The van der Waals surface area contributed by atoms with Crippen LogP contribution in [-0.4, -0.2) is 12.0 Å². The Labute approximate surface area is 131 Å². The average Bonchev–Trinajstić information content (AvgIpc) is 2.47. The van der Waals surface area contributed by atoms with Gasteiger partial charge in [0.1, 0.15) is 12.4 Å². The summed E-state index contributed by atoms with van der Waals surface area (Å²) < 4.78 is 10.5. The number of methoxy groups -OCH3 is 1. The Morgan fingerprint density at radius 3 is 2.57 bits per heavy atom. The van der Waals surface area contributed by atoms with Gasteiger partial charge in [0, 0.05) is 17.2 Å². The summed E-state index contributed by atoms with van der Waals surface area (Å²) in [4.78, 5) is 10.4. The second kappa shape index (κ2) is 6.65. The van der Waals surface area contributed by atoms with Gasteiger partial charge in [-0.15, -0.1) is 0 Å². The van der Waals surface area contributed by atoms with Crippen molar-refractivity contribution in [3.63, 3.8) is 0 Å². The molecule has 0 aromatic heterocycles. The predicted octanol–water partition coefficient (Wildman–Crippen LogP) is 4.49. The standard InChI is InChI=1S/C14H11Cl2NO4/c1-20-13-5-2-9(6-12(13)17(18)19)8-21-14-7-10(15)3-4-11(14)16/h2-7H,8H2,1H3. The van der Waals surface area contributed by atoms with Gasteiger partial charge in [-0.2, -0.15) is 0 Å². The SMILES string of the molecule is COc1ccc(COc2cc(Cl)ccc2Cl)cc1[N+](=O)[O-]. The van der Waals surface area contributed by atoms with Gasteiger partial charge in [0.15, 0.2) is 5.75 Å². The van der Waals surface area contributed by atoms with E-state index in [9.17, 15) is 10.1 Å². The Kier molecular flexibility index (Phi) is 4.88. The van der Waals surface area contributed by atoms with Gasteiger partial charge in [-0.3, -0.25) is 10.1 Å². The van der Waals surface area contributed by atoms with Crippen LogP contribution in [0, 0.1) is 10.1 Å². The van der Waals surface area contributed by atoms with E-state index in [0.717, 1.165) is 0 Å². The number of halogens is 2. The Bertz CT molecular complexity index is 676. The van der Waals surface area contributed by atoms with E-state index in [1.807, 2.05) is 0 Å². The summed E-state index contributed by atoms with van der Waals surface area (Å²) in [6.45, 7) is 0.130. The maximum Gasteiger partial charge on any atom is 0.311 e. The highest BCUT2D eigenvalue weighted by molar-refractivity contribution is 6.34. The number of ether oxygens (including phenoxy) is 2. The van der Waals surface area contributed by atoms with E-state index in [0.29, 0.717) is 21.4 Å². The molecule has 0 bridgehead atoms. The summed E-state index contributed by atoms with van der Waals surface area (Å²) in [6, 6.07) is 9.46. The lowest BCUT2D eigenvalue weighted by Gasteiger charge is -2.09. The fourth-order valence-electron chi connectivity index (χ4n) is 1.72. The molecule has 110 valence electrons. The molecule has 0 aliphatic heterocycles. The molecule has 0 atom stereocenters. The van der Waals surface area contributed by atoms with Crippen LogP contribution in [0.25, 0.3) is 0 Å². The molecule has 0 saturated carbocycles. The van der Waals surface area contributed by atoms with E-state index in [4.69, 9.17) is 32.7 Å². The third kappa shape index (κ3) is 3.77. The molecule has 0 aliphatic carbocycles. The molecule has 2 rings (SSSR count). The highest BCUT2D eigenvalue weighted by Crippen LogP contribution is 2.30. The van der Waals surface area contributed by atoms with Crippen molar-refractivity contribution >= 4 is 28.9 Å². The smallest absolute Gasteiger partial charge is 0.311 e. The summed E-state index contributed by atoms with van der Waals surface area (Å²) >= 11 is 11.8. The van der Waals surface area contributed by atoms with Crippen molar-refractivity contribution in [2.24, 2.45) is 0 Å². The second-order valence-corrected chi connectivity index (χ2v) is 4.97. The molecule has 0 spiro atoms. The van der Waals surface area contributed by atoms with Crippen molar-refractivity contribution in [3.05, 3.63) is 62.1 Å². The number of nitro benzene ring substituents is 1. The van der Waals surface area contributed by atoms with E-state index in [-0.39, 0.29) is 18.0 Å². The highest BCUT2D eigenvalue weighted by Gasteiger charge is 2.15. The maximum absolute atomic E-state index is 11.0. The van der Waals surface area contributed by atoms with E-state index in [1.54, 1.807) is 24.3 Å². The van der Waals surface area contributed by atoms with Crippen LogP contribution in [0.2, 0.25) is 10.0 Å². The quantitative estimate of drug-likeness (QED) is 0.599. The zero-order valence-corrected chi connectivity index (χ0v) is 12.5. The molecule has 0 aliphatic rings. The van der Waals surface area contributed by atoms with Crippen LogP contribution in [0.4, 0.5) is 5.69 Å². The number of nitrogens with zero attached hydrogens (tertiary/aromatic N) is 1. The van der Waals surface area contributed by atoms with Gasteiger partial charge in [-0.05, 0) is 23.8 Å². The van der Waals surface area contributed by atoms with E-state index < -0.39 is 4.92 Å². The number of rotatable bonds is 5. The first-order chi connectivity index (χ1) is 10.0. The first-order valence-electron chi connectivity index (χ1n) is 5.90. The molecule has 0 heterocycles. The summed E-state index contributed by atoms with van der Waals surface area (Å²) in [5.41, 5.74) is 0.509. The lowest BCUT2D eigenvalue weighted by atomic mass is 10.2. The van der Waals surface area contributed by atoms with Crippen LogP contribution in [0.3, 0.4) is 0 Å². The van der Waals surface area contributed by atoms with Crippen LogP contribution in [-0.2, 0) is 6.61 Å². The number of benzene rings is 2. The summed E-state index contributed by atoms with van der Waals surface area (Å²) in [6.07, 6.45) is 0. The van der Waals surface area contributed by atoms with Crippen molar-refractivity contribution < 1.29 is 14.4 Å². The summed E-state index contributed by atoms with van der Waals surface area (Å²) in [5, 5.41) is 11.9. The van der Waals surface area contributed by atoms with E-state index >= 15 is 0 Å². The molecular weight excluding hydrogens is 317 g/mol. The summed E-state index contributed by atoms with van der Waals surface area (Å²) in [7, 11) is 1.38. The monoisotopic (exact) mass is 327 g/mol. The van der Waals surface area contributed by atoms with Gasteiger partial charge in [0.25, 0.3) is 0 Å². The molecule has 0 unspecified atom stereocenters. The largest absolute Gasteiger partial charge is 0.490 e. The maximum atomic E-state index is 11.0. The Morgan fingerprint density at radius 2 is 1.90 bits per heavy atom. The van der Waals surface area contributed by atoms with Gasteiger partial charge in [-0.25, -0.2) is 0 Å². The molecule has 0 radical (unpaired) electrons. The minimum absolute atomic E-state index is 0.115. The second-order valence-electron chi connectivity index (χ2n) is 4.13. The van der Waals surface area contributed by atoms with Crippen molar-refractivity contribution in [1.29, 1.82) is 0 Å². The van der Waals surface area contributed by atoms with Crippen LogP contribution in [0.15, 0.2) is 36.4 Å². The molecule has 21 heavy (non-hydrogen) atoms. The van der Waals surface area contributed by atoms with Crippen molar-refractivity contribution in [2.75, 3.05) is 7.11 Å². The van der Waals surface area contributed by atoms with Gasteiger partial charge < -0.3 is 9.47 Å². The third-order valence-electron chi connectivity index (χ3n) is 2.73. The molecule has 0 N–H and O–H groups in total. The van der Waals surface area contributed by atoms with Gasteiger partial charge >= 0.3 is 5.69 Å². The van der Waals surface area contributed by atoms with Crippen LogP contribution < -0.4 is 9.47 Å². The van der Waals surface area contributed by atoms with Gasteiger partial charge in [0.2, 0.25) is 0 Å². The minimum Gasteiger partial charge on any atom is -0.490 e. The van der Waals surface area contributed by atoms with Crippen LogP contribution in [0.1, 0.15) is 5.56 Å². The number of nitro groups is 1. The van der Waals surface area contributed by atoms with Crippen molar-refractivity contribution in [1.82, 2.24) is 0 Å². The zero-order valence-electron chi connectivity index (χ0n) is 11.0. The topological polar surface area (TPSA) is 61.6 Å². The molecule has 2 aromatic rings. The minimum atomic E-state index is -0.505. The van der Waals surface area contributed by atoms with Gasteiger partial charge in [0.05, 0.1) is 17.1 Å². The fourth-order valence-corrected chi connectivity index (χ4v) is 2.05. The van der Waals surface area contributed by atoms with E-state index in [2.05, 4.69) is 0 Å². The van der Waals surface area contributed by atoms with E-state index in [1.165, 1.54) is 19.2 Å². The third-order valence-corrected chi connectivity index (χ3v) is 3.27. The lowest BCUT2D eigenvalue weighted by Crippen LogP contribution is -1.99. The number of hydrogen-bond donors (Lipinski definition) is 0.